The van der Waals surface area contributed by atoms with Gasteiger partial charge in [0, 0.05) is 24.3 Å². The van der Waals surface area contributed by atoms with Crippen molar-refractivity contribution in [3.8, 4) is 0 Å². The molecule has 0 radical (unpaired) electrons. The molecule has 6 heteroatoms. The molecule has 0 saturated carbocycles. The summed E-state index contributed by atoms with van der Waals surface area (Å²) in [6.07, 6.45) is 3.00. The lowest BCUT2D eigenvalue weighted by molar-refractivity contribution is -0.122. The number of primary amides is 1. The number of aromatic amines is 1. The van der Waals surface area contributed by atoms with Crippen LogP contribution in [0.5, 0.6) is 0 Å². The molecule has 2 rings (SSSR count). The lowest BCUT2D eigenvalue weighted by Crippen LogP contribution is -2.30. The summed E-state index contributed by atoms with van der Waals surface area (Å²) in [5.74, 6) is -0.458. The molecule has 0 aliphatic heterocycles. The number of pyridine rings is 1. The van der Waals surface area contributed by atoms with E-state index >= 15 is 0 Å². The van der Waals surface area contributed by atoms with Crippen molar-refractivity contribution in [3.05, 3.63) is 33.7 Å². The molecular weight excluding hydrogens is 246 g/mol. The van der Waals surface area contributed by atoms with E-state index in [1.54, 1.807) is 6.07 Å². The van der Waals surface area contributed by atoms with Crippen LogP contribution < -0.4 is 16.6 Å². The number of nitrogens with two attached hydrogens (primary N) is 1. The van der Waals surface area contributed by atoms with Crippen LogP contribution in [-0.4, -0.2) is 30.6 Å². The minimum atomic E-state index is -0.458. The quantitative estimate of drug-likeness (QED) is 0.623. The van der Waals surface area contributed by atoms with Crippen LogP contribution in [0.2, 0.25) is 0 Å². The maximum atomic E-state index is 11.3. The second-order valence-corrected chi connectivity index (χ2v) is 4.67. The zero-order valence-electron chi connectivity index (χ0n) is 10.8. The lowest BCUT2D eigenvalue weighted by Gasteiger charge is -2.25. The van der Waals surface area contributed by atoms with Gasteiger partial charge in [0.05, 0.1) is 6.61 Å². The monoisotopic (exact) mass is 265 g/mol. The van der Waals surface area contributed by atoms with E-state index in [1.165, 1.54) is 0 Å². The number of ether oxygens (including phenoxy) is 1. The van der Waals surface area contributed by atoms with Gasteiger partial charge in [-0.15, -0.1) is 0 Å². The fourth-order valence-corrected chi connectivity index (χ4v) is 2.39. The summed E-state index contributed by atoms with van der Waals surface area (Å²) in [5, 5.41) is 3.37. The third kappa shape index (κ3) is 3.90. The fourth-order valence-electron chi connectivity index (χ4n) is 2.39. The average molecular weight is 265 g/mol. The highest BCUT2D eigenvalue weighted by atomic mass is 16.5. The highest BCUT2D eigenvalue weighted by molar-refractivity contribution is 5.74. The highest BCUT2D eigenvalue weighted by Gasteiger charge is 2.19. The van der Waals surface area contributed by atoms with Crippen molar-refractivity contribution in [2.24, 2.45) is 5.73 Å². The minimum absolute atomic E-state index is 0.0454. The minimum Gasteiger partial charge on any atom is -0.370 e. The van der Waals surface area contributed by atoms with Gasteiger partial charge < -0.3 is 20.8 Å². The number of hydrogen-bond donors (Lipinski definition) is 3. The van der Waals surface area contributed by atoms with Gasteiger partial charge in [0.15, 0.2) is 0 Å². The van der Waals surface area contributed by atoms with Crippen LogP contribution in [-0.2, 0) is 16.0 Å². The highest BCUT2D eigenvalue weighted by Crippen LogP contribution is 2.27. The topological polar surface area (TPSA) is 97.2 Å². The van der Waals surface area contributed by atoms with Gasteiger partial charge in [-0.1, -0.05) is 6.07 Å². The van der Waals surface area contributed by atoms with Crippen molar-refractivity contribution in [1.29, 1.82) is 0 Å². The van der Waals surface area contributed by atoms with Crippen LogP contribution in [0.15, 0.2) is 16.9 Å². The van der Waals surface area contributed by atoms with Gasteiger partial charge in [-0.25, -0.2) is 0 Å². The average Bonchev–Trinajstić information content (AvgIpc) is 2.37. The maximum Gasteiger partial charge on any atom is 0.248 e. The molecule has 0 bridgehead atoms. The Morgan fingerprint density at radius 1 is 1.53 bits per heavy atom. The van der Waals surface area contributed by atoms with Crippen molar-refractivity contribution in [3.63, 3.8) is 0 Å². The van der Waals surface area contributed by atoms with Crippen molar-refractivity contribution in [2.45, 2.75) is 25.3 Å². The first kappa shape index (κ1) is 13.8. The zero-order chi connectivity index (χ0) is 13.7. The molecule has 1 amide bonds. The molecule has 6 nitrogen and oxygen atoms in total. The number of rotatable bonds is 6. The number of carbonyl (C=O) groups excluding carboxylic acids is 1. The van der Waals surface area contributed by atoms with E-state index in [-0.39, 0.29) is 18.2 Å². The Morgan fingerprint density at radius 3 is 3.16 bits per heavy atom. The molecule has 104 valence electrons. The smallest absolute Gasteiger partial charge is 0.248 e. The third-order valence-corrected chi connectivity index (χ3v) is 3.21. The first-order valence-electron chi connectivity index (χ1n) is 6.48. The van der Waals surface area contributed by atoms with Gasteiger partial charge in [-0.05, 0) is 24.8 Å². The predicted octanol–water partition coefficient (Wildman–Crippen LogP) is -0.156. The van der Waals surface area contributed by atoms with Gasteiger partial charge in [0.25, 0.3) is 0 Å². The van der Waals surface area contributed by atoms with E-state index in [2.05, 4.69) is 10.3 Å². The summed E-state index contributed by atoms with van der Waals surface area (Å²) < 4.78 is 5.10. The summed E-state index contributed by atoms with van der Waals surface area (Å²) in [4.78, 5) is 24.7. The van der Waals surface area contributed by atoms with E-state index < -0.39 is 5.91 Å². The van der Waals surface area contributed by atoms with E-state index in [4.69, 9.17) is 10.5 Å². The Bertz CT molecular complexity index is 498. The number of H-pyrrole nitrogens is 1. The molecule has 1 aromatic rings. The van der Waals surface area contributed by atoms with Crippen LogP contribution in [0.1, 0.15) is 30.1 Å². The molecular formula is C13H19N3O3. The molecule has 0 saturated heterocycles. The van der Waals surface area contributed by atoms with Crippen molar-refractivity contribution in [1.82, 2.24) is 10.3 Å². The molecule has 4 N–H and O–H groups in total. The number of amides is 1. The zero-order valence-corrected chi connectivity index (χ0v) is 10.8. The Balaban J connectivity index is 1.86. The largest absolute Gasteiger partial charge is 0.370 e. The number of hydrogen-bond acceptors (Lipinski definition) is 4. The molecule has 1 heterocycles. The fraction of sp³-hybridized carbons (Fsp3) is 0.538. The van der Waals surface area contributed by atoms with E-state index in [1.807, 2.05) is 6.07 Å². The van der Waals surface area contributed by atoms with Crippen LogP contribution in [0.3, 0.4) is 0 Å². The Hall–Kier alpha value is -1.66. The second-order valence-electron chi connectivity index (χ2n) is 4.67. The first-order valence-corrected chi connectivity index (χ1v) is 6.48. The SMILES string of the molecule is NC(=O)COCCNC1CCCc2[nH]c(=O)ccc21. The van der Waals surface area contributed by atoms with Crippen LogP contribution in [0.25, 0.3) is 0 Å². The third-order valence-electron chi connectivity index (χ3n) is 3.21. The number of aryl methyl sites for hydroxylation is 1. The number of fused-ring (bicyclic) bond motifs is 1. The van der Waals surface area contributed by atoms with Crippen molar-refractivity contribution in [2.75, 3.05) is 19.8 Å². The van der Waals surface area contributed by atoms with Crippen LogP contribution in [0, 0.1) is 0 Å². The molecule has 0 fully saturated rings. The lowest BCUT2D eigenvalue weighted by atomic mass is 9.91. The van der Waals surface area contributed by atoms with Gasteiger partial charge in [-0.3, -0.25) is 9.59 Å². The summed E-state index contributed by atoms with van der Waals surface area (Å²) in [6.45, 7) is 1.05. The predicted molar refractivity (Wildman–Crippen MR) is 70.8 cm³/mol. The summed E-state index contributed by atoms with van der Waals surface area (Å²) in [7, 11) is 0. The summed E-state index contributed by atoms with van der Waals surface area (Å²) in [5.41, 5.74) is 7.10. The van der Waals surface area contributed by atoms with Crippen molar-refractivity contribution >= 4 is 5.91 Å². The molecule has 19 heavy (non-hydrogen) atoms. The number of carbonyl (C=O) groups is 1. The Kier molecular flexibility index (Phi) is 4.70. The Morgan fingerprint density at radius 2 is 2.37 bits per heavy atom. The summed E-state index contributed by atoms with van der Waals surface area (Å²) >= 11 is 0. The van der Waals surface area contributed by atoms with Crippen molar-refractivity contribution < 1.29 is 9.53 Å². The van der Waals surface area contributed by atoms with Gasteiger partial charge in [0.1, 0.15) is 6.61 Å². The molecule has 0 spiro atoms. The first-order chi connectivity index (χ1) is 9.16. The molecule has 1 aliphatic carbocycles. The number of aromatic nitrogens is 1. The maximum absolute atomic E-state index is 11.3. The van der Waals surface area contributed by atoms with E-state index in [0.717, 1.165) is 30.5 Å². The molecule has 1 atom stereocenters. The standard InChI is InChI=1S/C13H19N3O3/c14-12(17)8-19-7-6-15-10-2-1-3-11-9(10)4-5-13(18)16-11/h4-5,10,15H,1-3,6-8H2,(H2,14,17)(H,16,18). The second kappa shape index (κ2) is 6.49. The van der Waals surface area contributed by atoms with Gasteiger partial charge in [-0.2, -0.15) is 0 Å². The summed E-state index contributed by atoms with van der Waals surface area (Å²) in [6, 6.07) is 3.68. The van der Waals surface area contributed by atoms with E-state index in [0.29, 0.717) is 13.2 Å². The molecule has 1 aliphatic rings. The van der Waals surface area contributed by atoms with Gasteiger partial charge in [0.2, 0.25) is 11.5 Å². The van der Waals surface area contributed by atoms with Crippen LogP contribution >= 0.6 is 0 Å². The number of nitrogens with one attached hydrogen (secondary N) is 2. The van der Waals surface area contributed by atoms with Gasteiger partial charge >= 0.3 is 0 Å². The van der Waals surface area contributed by atoms with E-state index in [9.17, 15) is 9.59 Å². The molecule has 0 aromatic carbocycles. The van der Waals surface area contributed by atoms with Crippen LogP contribution in [0.4, 0.5) is 0 Å². The molecule has 1 unspecified atom stereocenters. The Labute approximate surface area is 111 Å². The normalized spacial score (nSPS) is 18.0. The molecule has 1 aromatic heterocycles.